The van der Waals surface area contributed by atoms with Crippen LogP contribution in [0.5, 0.6) is 5.75 Å². The summed E-state index contributed by atoms with van der Waals surface area (Å²) in [5, 5.41) is 11.0. The first-order valence-electron chi connectivity index (χ1n) is 11.4. The number of aromatic hydroxyl groups is 1. The molecule has 0 amide bonds. The van der Waals surface area contributed by atoms with Gasteiger partial charge in [-0.05, 0) is 69.7 Å². The van der Waals surface area contributed by atoms with Crippen LogP contribution in [0.1, 0.15) is 98.8 Å². The van der Waals surface area contributed by atoms with Gasteiger partial charge in [-0.25, -0.2) is 0 Å². The number of phenols is 1. The van der Waals surface area contributed by atoms with E-state index in [1.807, 2.05) is 6.07 Å². The number of hydrogen-bond donors (Lipinski definition) is 1. The van der Waals surface area contributed by atoms with Gasteiger partial charge in [-0.1, -0.05) is 99.6 Å². The molecule has 0 atom stereocenters. The Hall–Kier alpha value is -1.76. The molecule has 1 nitrogen and oxygen atoms in total. The predicted octanol–water partition coefficient (Wildman–Crippen LogP) is 8.80. The molecule has 30 heavy (non-hydrogen) atoms. The Morgan fingerprint density at radius 3 is 1.60 bits per heavy atom. The summed E-state index contributed by atoms with van der Waals surface area (Å²) in [5.41, 5.74) is 6.49. The first kappa shape index (κ1) is 24.5. The maximum atomic E-state index is 11.0. The lowest BCUT2D eigenvalue weighted by molar-refractivity contribution is 0.283. The number of hydrogen-bond acceptors (Lipinski definition) is 1. The maximum absolute atomic E-state index is 11.0. The Bertz CT molecular complexity index is 886. The summed E-state index contributed by atoms with van der Waals surface area (Å²) >= 11 is 0. The maximum Gasteiger partial charge on any atom is 0.123 e. The van der Waals surface area contributed by atoms with Crippen LogP contribution in [0, 0.1) is 17.8 Å². The third-order valence-electron chi connectivity index (χ3n) is 6.04. The fourth-order valence-electron chi connectivity index (χ4n) is 5.90. The van der Waals surface area contributed by atoms with Crippen molar-refractivity contribution in [3.8, 4) is 16.9 Å². The van der Waals surface area contributed by atoms with Gasteiger partial charge in [0.25, 0.3) is 0 Å². The molecule has 0 heterocycles. The molecule has 166 valence electrons. The first-order chi connectivity index (χ1) is 13.4. The highest BCUT2D eigenvalue weighted by molar-refractivity contribution is 5.78. The van der Waals surface area contributed by atoms with Crippen LogP contribution in [0.25, 0.3) is 11.1 Å². The number of phenolic OH excluding ortho intramolecular Hbond substituents is 1. The zero-order valence-electron chi connectivity index (χ0n) is 21.3. The van der Waals surface area contributed by atoms with Crippen LogP contribution < -0.4 is 0 Å². The highest BCUT2D eigenvalue weighted by Gasteiger charge is 2.33. The van der Waals surface area contributed by atoms with Gasteiger partial charge in [0.2, 0.25) is 0 Å². The minimum atomic E-state index is 0.00462. The molecule has 2 rings (SSSR count). The van der Waals surface area contributed by atoms with Gasteiger partial charge in [0.05, 0.1) is 0 Å². The van der Waals surface area contributed by atoms with Gasteiger partial charge in [-0.15, -0.1) is 0 Å². The molecule has 2 aromatic carbocycles. The first-order valence-corrected chi connectivity index (χ1v) is 11.4. The molecule has 0 saturated heterocycles. The van der Waals surface area contributed by atoms with E-state index >= 15 is 0 Å². The SMILES string of the molecule is Cc1c(C(C)(C)CC(C)(C)C)ccc(O)c1-c1ccccc1C(C)(C)CC(C)(C)C. The van der Waals surface area contributed by atoms with Gasteiger partial charge in [0.1, 0.15) is 5.75 Å². The van der Waals surface area contributed by atoms with Crippen molar-refractivity contribution in [3.05, 3.63) is 53.1 Å². The van der Waals surface area contributed by atoms with E-state index in [1.165, 1.54) is 16.7 Å². The minimum absolute atomic E-state index is 0.00462. The summed E-state index contributed by atoms with van der Waals surface area (Å²) in [6.45, 7) is 25.3. The number of benzene rings is 2. The standard InChI is InChI=1S/C29H44O/c1-20-22(28(8,9)18-26(2,3)4)16-17-24(30)25(20)21-14-12-13-15-23(21)29(10,11)19-27(5,6)7/h12-17,30H,18-19H2,1-11H3. The second-order valence-electron chi connectivity index (χ2n) is 12.9. The van der Waals surface area contributed by atoms with Crippen molar-refractivity contribution in [1.29, 1.82) is 0 Å². The molecule has 0 saturated carbocycles. The molecule has 1 N–H and O–H groups in total. The number of rotatable bonds is 5. The van der Waals surface area contributed by atoms with Gasteiger partial charge in [0.15, 0.2) is 0 Å². The van der Waals surface area contributed by atoms with Gasteiger partial charge >= 0.3 is 0 Å². The van der Waals surface area contributed by atoms with E-state index in [9.17, 15) is 5.11 Å². The van der Waals surface area contributed by atoms with Crippen LogP contribution in [0.4, 0.5) is 0 Å². The Balaban J connectivity index is 2.70. The molecule has 0 aliphatic rings. The lowest BCUT2D eigenvalue weighted by atomic mass is 9.68. The molecule has 0 aliphatic heterocycles. The lowest BCUT2D eigenvalue weighted by Crippen LogP contribution is -2.26. The Morgan fingerprint density at radius 2 is 1.10 bits per heavy atom. The van der Waals surface area contributed by atoms with Crippen LogP contribution >= 0.6 is 0 Å². The average Bonchev–Trinajstić information content (AvgIpc) is 2.50. The summed E-state index contributed by atoms with van der Waals surface area (Å²) < 4.78 is 0. The second kappa shape index (κ2) is 8.06. The predicted molar refractivity (Wildman–Crippen MR) is 132 cm³/mol. The van der Waals surface area contributed by atoms with Crippen molar-refractivity contribution in [2.45, 2.75) is 99.8 Å². The zero-order chi connectivity index (χ0) is 23.1. The van der Waals surface area contributed by atoms with Crippen LogP contribution in [-0.4, -0.2) is 5.11 Å². The topological polar surface area (TPSA) is 20.2 Å². The Morgan fingerprint density at radius 1 is 0.633 bits per heavy atom. The highest BCUT2D eigenvalue weighted by atomic mass is 16.3. The Labute approximate surface area is 185 Å². The van der Waals surface area contributed by atoms with Crippen molar-refractivity contribution < 1.29 is 5.11 Å². The normalized spacial score (nSPS) is 13.6. The largest absolute Gasteiger partial charge is 0.507 e. The molecule has 0 fully saturated rings. The summed E-state index contributed by atoms with van der Waals surface area (Å²) in [6.07, 6.45) is 2.16. The molecule has 0 aliphatic carbocycles. The van der Waals surface area contributed by atoms with Crippen LogP contribution in [-0.2, 0) is 10.8 Å². The van der Waals surface area contributed by atoms with E-state index in [0.717, 1.165) is 24.0 Å². The van der Waals surface area contributed by atoms with Crippen molar-refractivity contribution in [2.75, 3.05) is 0 Å². The van der Waals surface area contributed by atoms with Crippen molar-refractivity contribution in [3.63, 3.8) is 0 Å². The monoisotopic (exact) mass is 408 g/mol. The fourth-order valence-corrected chi connectivity index (χ4v) is 5.90. The van der Waals surface area contributed by atoms with Gasteiger partial charge < -0.3 is 5.11 Å². The van der Waals surface area contributed by atoms with E-state index < -0.39 is 0 Å². The van der Waals surface area contributed by atoms with E-state index in [0.29, 0.717) is 5.75 Å². The van der Waals surface area contributed by atoms with Crippen LogP contribution in [0.15, 0.2) is 36.4 Å². The van der Waals surface area contributed by atoms with Gasteiger partial charge in [-0.3, -0.25) is 0 Å². The van der Waals surface area contributed by atoms with Crippen LogP contribution in [0.3, 0.4) is 0 Å². The third-order valence-corrected chi connectivity index (χ3v) is 6.04. The molecule has 0 spiro atoms. The molecular weight excluding hydrogens is 364 g/mol. The molecular formula is C29H44O. The second-order valence-corrected chi connectivity index (χ2v) is 12.9. The summed E-state index contributed by atoms with van der Waals surface area (Å²) in [5.74, 6) is 0.377. The van der Waals surface area contributed by atoms with Crippen molar-refractivity contribution >= 4 is 0 Å². The summed E-state index contributed by atoms with van der Waals surface area (Å²) in [4.78, 5) is 0. The molecule has 0 bridgehead atoms. The molecule has 1 heteroatoms. The van der Waals surface area contributed by atoms with Crippen molar-refractivity contribution in [1.82, 2.24) is 0 Å². The quantitative estimate of drug-likeness (QED) is 0.524. The zero-order valence-corrected chi connectivity index (χ0v) is 21.3. The minimum Gasteiger partial charge on any atom is -0.507 e. The molecule has 2 aromatic rings. The van der Waals surface area contributed by atoms with E-state index in [4.69, 9.17) is 0 Å². The molecule has 0 radical (unpaired) electrons. The fraction of sp³-hybridized carbons (Fsp3) is 0.586. The van der Waals surface area contributed by atoms with Crippen molar-refractivity contribution in [2.24, 2.45) is 10.8 Å². The lowest BCUT2D eigenvalue weighted by Gasteiger charge is -2.36. The molecule has 0 aromatic heterocycles. The third kappa shape index (κ3) is 5.68. The van der Waals surface area contributed by atoms with Gasteiger partial charge in [-0.2, -0.15) is 0 Å². The smallest absolute Gasteiger partial charge is 0.123 e. The summed E-state index contributed by atoms with van der Waals surface area (Å²) in [7, 11) is 0. The Kier molecular flexibility index (Phi) is 6.58. The van der Waals surface area contributed by atoms with E-state index in [1.54, 1.807) is 0 Å². The van der Waals surface area contributed by atoms with E-state index in [2.05, 4.69) is 106 Å². The molecule has 0 unspecified atom stereocenters. The summed E-state index contributed by atoms with van der Waals surface area (Å²) in [6, 6.07) is 12.7. The highest BCUT2D eigenvalue weighted by Crippen LogP contribution is 2.46. The van der Waals surface area contributed by atoms with Gasteiger partial charge in [0, 0.05) is 5.56 Å². The van der Waals surface area contributed by atoms with E-state index in [-0.39, 0.29) is 21.7 Å². The average molecular weight is 409 g/mol. The van der Waals surface area contributed by atoms with Crippen LogP contribution in [0.2, 0.25) is 0 Å².